The summed E-state index contributed by atoms with van der Waals surface area (Å²) in [6.45, 7) is 0. The number of hydrogen-bond donors (Lipinski definition) is 1. The van der Waals surface area contributed by atoms with Crippen molar-refractivity contribution in [2.24, 2.45) is 10.7 Å². The zero-order valence-electron chi connectivity index (χ0n) is 4.92. The molecule has 0 unspecified atom stereocenters. The molecule has 0 aliphatic carbocycles. The number of aliphatic imine (C=N–C) groups is 1. The van der Waals surface area contributed by atoms with Crippen LogP contribution >= 0.6 is 0 Å². The molecule has 0 aromatic rings. The minimum absolute atomic E-state index is 0.229. The van der Waals surface area contributed by atoms with E-state index in [-0.39, 0.29) is 5.96 Å². The topological polar surface area (TPSA) is 65.4 Å². The molecule has 0 saturated heterocycles. The van der Waals surface area contributed by atoms with E-state index >= 15 is 0 Å². The van der Waals surface area contributed by atoms with Gasteiger partial charge in [0.2, 0.25) is 12.2 Å². The second-order valence-corrected chi connectivity index (χ2v) is 1.46. The zero-order chi connectivity index (χ0) is 6.57. The van der Waals surface area contributed by atoms with E-state index in [1.54, 1.807) is 25.2 Å². The lowest BCUT2D eigenvalue weighted by Gasteiger charge is -2.06. The Labute approximate surface area is 48.2 Å². The maximum atomic E-state index is 7.94. The molecule has 0 radical (unpaired) electrons. The third-order valence-corrected chi connectivity index (χ3v) is 0.623. The van der Waals surface area contributed by atoms with Crippen LogP contribution in [-0.2, 0) is 0 Å². The highest BCUT2D eigenvalue weighted by Gasteiger charge is 1.88. The van der Waals surface area contributed by atoms with E-state index in [0.29, 0.717) is 0 Å². The Hall–Kier alpha value is -1.24. The van der Waals surface area contributed by atoms with Crippen molar-refractivity contribution in [1.82, 2.24) is 4.90 Å². The fourth-order valence-corrected chi connectivity index (χ4v) is 0.151. The van der Waals surface area contributed by atoms with Gasteiger partial charge in [-0.25, -0.2) is 0 Å². The number of guanidine groups is 1. The van der Waals surface area contributed by atoms with E-state index in [1.165, 1.54) is 0 Å². The average Bonchev–Trinajstić information content (AvgIpc) is 1.67. The van der Waals surface area contributed by atoms with Gasteiger partial charge in [0.05, 0.1) is 0 Å². The van der Waals surface area contributed by atoms with Crippen LogP contribution < -0.4 is 5.73 Å². The Balaban J connectivity index is 3.85. The Morgan fingerprint density at radius 3 is 2.38 bits per heavy atom. The van der Waals surface area contributed by atoms with E-state index < -0.39 is 0 Å². The van der Waals surface area contributed by atoms with Crippen molar-refractivity contribution < 1.29 is 0 Å². The third kappa shape index (κ3) is 2.03. The number of nitrogens with two attached hydrogens (primary N) is 1. The molecule has 2 N–H and O–H groups in total. The molecular weight excluding hydrogens is 104 g/mol. The fourth-order valence-electron chi connectivity index (χ4n) is 0.151. The van der Waals surface area contributed by atoms with Crippen molar-refractivity contribution in [3.05, 3.63) is 0 Å². The lowest BCUT2D eigenvalue weighted by atomic mass is 10.8. The van der Waals surface area contributed by atoms with Crippen LogP contribution in [0.4, 0.5) is 0 Å². The van der Waals surface area contributed by atoms with Crippen LogP contribution in [0.3, 0.4) is 0 Å². The van der Waals surface area contributed by atoms with Gasteiger partial charge in [-0.15, -0.1) is 4.99 Å². The molecule has 0 amide bonds. The highest BCUT2D eigenvalue weighted by molar-refractivity contribution is 5.78. The molecule has 4 nitrogen and oxygen atoms in total. The molecule has 0 spiro atoms. The summed E-state index contributed by atoms with van der Waals surface area (Å²) in [6, 6.07) is 0. The molecule has 0 rings (SSSR count). The van der Waals surface area contributed by atoms with Crippen LogP contribution in [0.5, 0.6) is 0 Å². The Morgan fingerprint density at radius 2 is 2.25 bits per heavy atom. The Morgan fingerprint density at radius 1 is 1.75 bits per heavy atom. The number of nitriles is 1. The number of hydrogen-bond acceptors (Lipinski definition) is 2. The molecule has 0 aliphatic heterocycles. The van der Waals surface area contributed by atoms with Crippen LogP contribution in [0.15, 0.2) is 4.99 Å². The summed E-state index contributed by atoms with van der Waals surface area (Å²) in [6.07, 6.45) is 1.57. The van der Waals surface area contributed by atoms with E-state index in [2.05, 4.69) is 4.99 Å². The van der Waals surface area contributed by atoms with Crippen LogP contribution in [0.25, 0.3) is 0 Å². The minimum atomic E-state index is 0.229. The van der Waals surface area contributed by atoms with Crippen molar-refractivity contribution in [2.75, 3.05) is 14.1 Å². The predicted octanol–water partition coefficient (Wildman–Crippen LogP) is -0.656. The van der Waals surface area contributed by atoms with Gasteiger partial charge in [0.25, 0.3) is 0 Å². The highest BCUT2D eigenvalue weighted by atomic mass is 15.2. The number of rotatable bonds is 0. The van der Waals surface area contributed by atoms with Crippen molar-refractivity contribution >= 4 is 5.96 Å². The third-order valence-electron chi connectivity index (χ3n) is 0.623. The van der Waals surface area contributed by atoms with Crippen LogP contribution in [0, 0.1) is 11.5 Å². The average molecular weight is 112 g/mol. The van der Waals surface area contributed by atoms with Crippen LogP contribution in [-0.4, -0.2) is 25.0 Å². The zero-order valence-corrected chi connectivity index (χ0v) is 4.92. The van der Waals surface area contributed by atoms with Gasteiger partial charge >= 0.3 is 0 Å². The van der Waals surface area contributed by atoms with Crippen molar-refractivity contribution in [3.63, 3.8) is 0 Å². The summed E-state index contributed by atoms with van der Waals surface area (Å²) in [5.41, 5.74) is 5.18. The van der Waals surface area contributed by atoms with E-state index in [1.807, 2.05) is 0 Å². The van der Waals surface area contributed by atoms with Crippen molar-refractivity contribution in [3.8, 4) is 6.19 Å². The Kier molecular flexibility index (Phi) is 2.41. The maximum Gasteiger partial charge on any atom is 0.209 e. The normalized spacial score (nSPS) is 10.4. The van der Waals surface area contributed by atoms with Crippen LogP contribution in [0.1, 0.15) is 0 Å². The summed E-state index contributed by atoms with van der Waals surface area (Å²) in [5, 5.41) is 7.94. The molecule has 4 heteroatoms. The first-order valence-corrected chi connectivity index (χ1v) is 2.08. The van der Waals surface area contributed by atoms with Gasteiger partial charge in [0.1, 0.15) is 0 Å². The van der Waals surface area contributed by atoms with E-state index in [9.17, 15) is 0 Å². The van der Waals surface area contributed by atoms with Gasteiger partial charge in [-0.1, -0.05) is 0 Å². The summed E-state index contributed by atoms with van der Waals surface area (Å²) < 4.78 is 0. The van der Waals surface area contributed by atoms with E-state index in [0.717, 1.165) is 0 Å². The molecule has 0 bridgehead atoms. The van der Waals surface area contributed by atoms with E-state index in [4.69, 9.17) is 11.0 Å². The molecule has 0 aromatic carbocycles. The molecule has 0 fully saturated rings. The summed E-state index contributed by atoms with van der Waals surface area (Å²) in [7, 11) is 3.44. The largest absolute Gasteiger partial charge is 0.369 e. The Bertz CT molecular complexity index is 129. The summed E-state index contributed by atoms with van der Waals surface area (Å²) in [5.74, 6) is 0.229. The standard InChI is InChI=1S/C4H8N4/c1-8(2)4(6)7-3-5/h1-2H3,(H2,6,7). The highest BCUT2D eigenvalue weighted by Crippen LogP contribution is 1.71. The monoisotopic (exact) mass is 112 g/mol. The lowest BCUT2D eigenvalue weighted by molar-refractivity contribution is 0.615. The first-order chi connectivity index (χ1) is 3.68. The summed E-state index contributed by atoms with van der Waals surface area (Å²) in [4.78, 5) is 4.81. The molecule has 0 saturated carbocycles. The molecule has 0 aromatic heterocycles. The predicted molar refractivity (Wildman–Crippen MR) is 30.9 cm³/mol. The second-order valence-electron chi connectivity index (χ2n) is 1.46. The van der Waals surface area contributed by atoms with Gasteiger partial charge in [-0.2, -0.15) is 5.26 Å². The van der Waals surface area contributed by atoms with Gasteiger partial charge in [0, 0.05) is 14.1 Å². The molecule has 8 heavy (non-hydrogen) atoms. The van der Waals surface area contributed by atoms with Gasteiger partial charge in [-0.3, -0.25) is 0 Å². The van der Waals surface area contributed by atoms with Crippen molar-refractivity contribution in [1.29, 1.82) is 5.26 Å². The molecule has 0 heterocycles. The second kappa shape index (κ2) is 2.86. The lowest BCUT2D eigenvalue weighted by Crippen LogP contribution is -2.29. The van der Waals surface area contributed by atoms with Gasteiger partial charge in [-0.05, 0) is 0 Å². The molecule has 0 atom stereocenters. The maximum absolute atomic E-state index is 7.94. The van der Waals surface area contributed by atoms with Crippen LogP contribution in [0.2, 0.25) is 0 Å². The fraction of sp³-hybridized carbons (Fsp3) is 0.500. The number of nitrogens with zero attached hydrogens (tertiary/aromatic N) is 3. The first-order valence-electron chi connectivity index (χ1n) is 2.08. The quantitative estimate of drug-likeness (QED) is 0.257. The van der Waals surface area contributed by atoms with Gasteiger partial charge in [0.15, 0.2) is 0 Å². The SMILES string of the molecule is CN(C)/C(N)=N\C#N. The van der Waals surface area contributed by atoms with Crippen molar-refractivity contribution in [2.45, 2.75) is 0 Å². The molecule has 44 valence electrons. The molecule has 0 aliphatic rings. The summed E-state index contributed by atoms with van der Waals surface area (Å²) >= 11 is 0. The first kappa shape index (κ1) is 6.76. The smallest absolute Gasteiger partial charge is 0.209 e. The minimum Gasteiger partial charge on any atom is -0.369 e. The molecular formula is C4H8N4. The van der Waals surface area contributed by atoms with Gasteiger partial charge < -0.3 is 10.6 Å².